The number of hydrogen-bond donors (Lipinski definition) is 1. The van der Waals surface area contributed by atoms with Crippen molar-refractivity contribution < 1.29 is 13.2 Å². The molecule has 0 amide bonds. The zero-order valence-electron chi connectivity index (χ0n) is 10.9. The van der Waals surface area contributed by atoms with Crippen LogP contribution < -0.4 is 10.1 Å². The summed E-state index contributed by atoms with van der Waals surface area (Å²) in [5.74, 6) is 0.767. The van der Waals surface area contributed by atoms with Crippen molar-refractivity contribution in [1.29, 1.82) is 0 Å². The van der Waals surface area contributed by atoms with Gasteiger partial charge in [0, 0.05) is 24.4 Å². The van der Waals surface area contributed by atoms with Crippen LogP contribution in [0.15, 0.2) is 22.7 Å². The van der Waals surface area contributed by atoms with Gasteiger partial charge in [-0.1, -0.05) is 12.1 Å². The van der Waals surface area contributed by atoms with Gasteiger partial charge in [0.05, 0.1) is 10.2 Å². The van der Waals surface area contributed by atoms with Gasteiger partial charge in [0.1, 0.15) is 12.4 Å². The number of benzene rings is 1. The van der Waals surface area contributed by atoms with Crippen LogP contribution in [0.3, 0.4) is 0 Å². The lowest BCUT2D eigenvalue weighted by atomic mass is 10.2. The Morgan fingerprint density at radius 1 is 1.42 bits per heavy atom. The van der Waals surface area contributed by atoms with Crippen LogP contribution in [0.25, 0.3) is 0 Å². The minimum absolute atomic E-state index is 0.0316. The molecule has 6 heteroatoms. The van der Waals surface area contributed by atoms with Crippen LogP contribution in [0, 0.1) is 0 Å². The highest BCUT2D eigenvalue weighted by atomic mass is 79.9. The van der Waals surface area contributed by atoms with Gasteiger partial charge in [-0.3, -0.25) is 0 Å². The molecule has 1 N–H and O–H groups in total. The Kier molecular flexibility index (Phi) is 4.86. The second-order valence-corrected chi connectivity index (χ2v) is 7.98. The van der Waals surface area contributed by atoms with Gasteiger partial charge in [0.2, 0.25) is 0 Å². The maximum atomic E-state index is 11.1. The van der Waals surface area contributed by atoms with E-state index in [2.05, 4.69) is 21.2 Å². The van der Waals surface area contributed by atoms with Crippen LogP contribution in [0.4, 0.5) is 0 Å². The minimum atomic E-state index is -2.99. The zero-order chi connectivity index (χ0) is 13.9. The summed E-state index contributed by atoms with van der Waals surface area (Å²) < 4.78 is 28.7. The molecule has 2 rings (SSSR count). The average molecular weight is 348 g/mol. The van der Waals surface area contributed by atoms with Crippen molar-refractivity contribution in [3.05, 3.63) is 28.2 Å². The second kappa shape index (κ2) is 6.24. The monoisotopic (exact) mass is 347 g/mol. The fraction of sp³-hybridized carbons (Fsp3) is 0.538. The molecule has 0 heterocycles. The first-order valence-corrected chi connectivity index (χ1v) is 9.12. The first-order chi connectivity index (χ1) is 8.96. The van der Waals surface area contributed by atoms with Crippen LogP contribution in [0.2, 0.25) is 0 Å². The molecule has 1 aromatic carbocycles. The highest BCUT2D eigenvalue weighted by Gasteiger charge is 2.21. The maximum absolute atomic E-state index is 11.1. The third-order valence-corrected chi connectivity index (χ3v) is 4.44. The summed E-state index contributed by atoms with van der Waals surface area (Å²) in [5, 5.41) is 3.43. The summed E-state index contributed by atoms with van der Waals surface area (Å²) in [4.78, 5) is 0. The molecule has 4 nitrogen and oxygen atoms in total. The first kappa shape index (κ1) is 14.8. The van der Waals surface area contributed by atoms with Crippen molar-refractivity contribution in [3.8, 4) is 5.75 Å². The van der Waals surface area contributed by atoms with Crippen molar-refractivity contribution in [1.82, 2.24) is 5.32 Å². The van der Waals surface area contributed by atoms with E-state index in [0.29, 0.717) is 6.04 Å². The van der Waals surface area contributed by atoms with E-state index >= 15 is 0 Å². The van der Waals surface area contributed by atoms with Crippen LogP contribution in [0.1, 0.15) is 18.4 Å². The molecule has 0 aliphatic heterocycles. The van der Waals surface area contributed by atoms with E-state index in [1.165, 1.54) is 19.1 Å². The molecule has 0 radical (unpaired) electrons. The molecule has 1 aliphatic rings. The van der Waals surface area contributed by atoms with Gasteiger partial charge in [-0.25, -0.2) is 8.42 Å². The SMILES string of the molecule is CS(=O)(=O)CCOc1c(Br)cccc1CNC1CC1. The molecule has 0 bridgehead atoms. The maximum Gasteiger partial charge on any atom is 0.150 e. The highest BCUT2D eigenvalue weighted by Crippen LogP contribution is 2.30. The number of nitrogens with one attached hydrogen (secondary N) is 1. The normalized spacial score (nSPS) is 15.5. The van der Waals surface area contributed by atoms with Gasteiger partial charge >= 0.3 is 0 Å². The van der Waals surface area contributed by atoms with E-state index in [0.717, 1.165) is 22.3 Å². The lowest BCUT2D eigenvalue weighted by Crippen LogP contribution is -2.17. The van der Waals surface area contributed by atoms with E-state index < -0.39 is 9.84 Å². The van der Waals surface area contributed by atoms with E-state index in [1.54, 1.807) is 0 Å². The summed E-state index contributed by atoms with van der Waals surface area (Å²) in [5.41, 5.74) is 1.05. The van der Waals surface area contributed by atoms with Crippen LogP contribution >= 0.6 is 15.9 Å². The molecular formula is C13H18BrNO3S. The molecule has 0 aromatic heterocycles. The van der Waals surface area contributed by atoms with Gasteiger partial charge in [0.15, 0.2) is 9.84 Å². The van der Waals surface area contributed by atoms with E-state index in [9.17, 15) is 8.42 Å². The van der Waals surface area contributed by atoms with E-state index in [4.69, 9.17) is 4.74 Å². The number of para-hydroxylation sites is 1. The Hall–Kier alpha value is -0.590. The first-order valence-electron chi connectivity index (χ1n) is 6.27. The smallest absolute Gasteiger partial charge is 0.150 e. The summed E-state index contributed by atoms with van der Waals surface area (Å²) in [6.45, 7) is 0.927. The second-order valence-electron chi connectivity index (χ2n) is 4.86. The number of halogens is 1. The number of ether oxygens (including phenoxy) is 1. The van der Waals surface area contributed by atoms with Gasteiger partial charge in [-0.15, -0.1) is 0 Å². The molecule has 0 unspecified atom stereocenters. The Labute approximate surface area is 122 Å². The third-order valence-electron chi connectivity index (χ3n) is 2.91. The van der Waals surface area contributed by atoms with Crippen LogP contribution in [-0.2, 0) is 16.4 Å². The fourth-order valence-corrected chi connectivity index (χ4v) is 2.60. The largest absolute Gasteiger partial charge is 0.491 e. The van der Waals surface area contributed by atoms with Crippen LogP contribution in [0.5, 0.6) is 5.75 Å². The lowest BCUT2D eigenvalue weighted by Gasteiger charge is -2.13. The van der Waals surface area contributed by atoms with E-state index in [1.807, 2.05) is 18.2 Å². The Morgan fingerprint density at radius 2 is 2.16 bits per heavy atom. The minimum Gasteiger partial charge on any atom is -0.491 e. The summed E-state index contributed by atoms with van der Waals surface area (Å²) in [6, 6.07) is 6.48. The highest BCUT2D eigenvalue weighted by molar-refractivity contribution is 9.10. The summed E-state index contributed by atoms with van der Waals surface area (Å²) in [6.07, 6.45) is 3.68. The van der Waals surface area contributed by atoms with Crippen molar-refractivity contribution >= 4 is 25.8 Å². The number of rotatable bonds is 7. The molecule has 0 saturated heterocycles. The average Bonchev–Trinajstić information content (AvgIpc) is 3.11. The Morgan fingerprint density at radius 3 is 2.79 bits per heavy atom. The Bertz CT molecular complexity index is 541. The zero-order valence-corrected chi connectivity index (χ0v) is 13.3. The summed E-state index contributed by atoms with van der Waals surface area (Å²) >= 11 is 3.45. The predicted octanol–water partition coefficient (Wildman–Crippen LogP) is 2.12. The number of hydrogen-bond acceptors (Lipinski definition) is 4. The standard InChI is InChI=1S/C13H18BrNO3S/c1-19(16,17)8-7-18-13-10(3-2-4-12(13)14)9-15-11-5-6-11/h2-4,11,15H,5-9H2,1H3. The molecular weight excluding hydrogens is 330 g/mol. The lowest BCUT2D eigenvalue weighted by molar-refractivity contribution is 0.334. The molecule has 1 aliphatic carbocycles. The van der Waals surface area contributed by atoms with Gasteiger partial charge in [0.25, 0.3) is 0 Å². The third kappa shape index (κ3) is 5.12. The van der Waals surface area contributed by atoms with E-state index in [-0.39, 0.29) is 12.4 Å². The topological polar surface area (TPSA) is 55.4 Å². The fourth-order valence-electron chi connectivity index (χ4n) is 1.69. The van der Waals surface area contributed by atoms with Crippen LogP contribution in [-0.4, -0.2) is 33.1 Å². The summed E-state index contributed by atoms with van der Waals surface area (Å²) in [7, 11) is -2.99. The molecule has 0 atom stereocenters. The molecule has 19 heavy (non-hydrogen) atoms. The van der Waals surface area contributed by atoms with Crippen molar-refractivity contribution in [2.24, 2.45) is 0 Å². The van der Waals surface area contributed by atoms with Crippen molar-refractivity contribution in [3.63, 3.8) is 0 Å². The van der Waals surface area contributed by atoms with Gasteiger partial charge < -0.3 is 10.1 Å². The van der Waals surface area contributed by atoms with Gasteiger partial charge in [-0.05, 0) is 34.8 Å². The molecule has 0 spiro atoms. The van der Waals surface area contributed by atoms with Gasteiger partial charge in [-0.2, -0.15) is 0 Å². The van der Waals surface area contributed by atoms with Crippen molar-refractivity contribution in [2.45, 2.75) is 25.4 Å². The molecule has 1 saturated carbocycles. The molecule has 106 valence electrons. The predicted molar refractivity (Wildman–Crippen MR) is 79.2 cm³/mol. The molecule has 1 fully saturated rings. The molecule has 1 aromatic rings. The Balaban J connectivity index is 1.99. The van der Waals surface area contributed by atoms with Crippen molar-refractivity contribution in [2.75, 3.05) is 18.6 Å². The number of sulfone groups is 1. The quantitative estimate of drug-likeness (QED) is 0.820.